The largest absolute Gasteiger partial charge is 0.416 e. The molecule has 1 fully saturated rings. The fourth-order valence-corrected chi connectivity index (χ4v) is 4.43. The van der Waals surface area contributed by atoms with E-state index in [0.29, 0.717) is 35.8 Å². The van der Waals surface area contributed by atoms with Gasteiger partial charge in [-0.3, -0.25) is 9.00 Å². The second kappa shape index (κ2) is 9.12. The first kappa shape index (κ1) is 22.0. The molecule has 0 atom stereocenters. The van der Waals surface area contributed by atoms with Gasteiger partial charge in [0.15, 0.2) is 0 Å². The minimum absolute atomic E-state index is 0.393. The predicted octanol–water partition coefficient (Wildman–Crippen LogP) is 4.47. The molecule has 0 saturated carbocycles. The van der Waals surface area contributed by atoms with Crippen molar-refractivity contribution in [3.8, 4) is 0 Å². The van der Waals surface area contributed by atoms with E-state index in [-0.39, 0.29) is 0 Å². The highest BCUT2D eigenvalue weighted by molar-refractivity contribution is 7.85. The number of hydrogen-bond acceptors (Lipinski definition) is 4. The van der Waals surface area contributed by atoms with Crippen molar-refractivity contribution in [1.82, 2.24) is 4.98 Å². The number of pyridine rings is 1. The van der Waals surface area contributed by atoms with E-state index < -0.39 is 28.4 Å². The average Bonchev–Trinajstić information content (AvgIpc) is 2.77. The third-order valence-corrected chi connectivity index (χ3v) is 6.38. The van der Waals surface area contributed by atoms with Crippen LogP contribution in [0.2, 0.25) is 0 Å². The Hall–Kier alpha value is -3.20. The van der Waals surface area contributed by atoms with Crippen molar-refractivity contribution in [3.05, 3.63) is 71.8 Å². The lowest BCUT2D eigenvalue weighted by molar-refractivity contribution is -0.137. The smallest absolute Gasteiger partial charge is 0.355 e. The number of alkyl halides is 3. The Morgan fingerprint density at radius 3 is 2.44 bits per heavy atom. The normalized spacial score (nSPS) is 15.4. The highest BCUT2D eigenvalue weighted by Gasteiger charge is 2.29. The zero-order valence-corrected chi connectivity index (χ0v) is 17.7. The molecule has 2 aromatic carbocycles. The van der Waals surface area contributed by atoms with Gasteiger partial charge in [0.05, 0.1) is 11.1 Å². The summed E-state index contributed by atoms with van der Waals surface area (Å²) >= 11 is 0. The second-order valence-electron chi connectivity index (χ2n) is 7.35. The fourth-order valence-electron chi connectivity index (χ4n) is 3.37. The van der Waals surface area contributed by atoms with Gasteiger partial charge in [0, 0.05) is 52.5 Å². The number of fused-ring (bicyclic) bond motifs is 1. The number of halogens is 3. The second-order valence-corrected chi connectivity index (χ2v) is 9.05. The Balaban J connectivity index is 1.41. The SMILES string of the molecule is O=C(/C=C/c1ccc(C(F)(F)F)cc1)Nc1ccc2nc(N3CCS(=O)CC3)ccc2c1. The summed E-state index contributed by atoms with van der Waals surface area (Å²) in [5, 5.41) is 3.61. The standard InChI is InChI=1S/C23H20F3N3O2S/c24-23(25,26)18-5-1-16(2-6-18)3-10-22(30)27-19-7-8-20-17(15-19)4-9-21(28-20)29-11-13-32(31)14-12-29/h1-10,15H,11-14H2,(H,27,30)/b10-3+. The molecular formula is C23H20F3N3O2S. The Labute approximate surface area is 185 Å². The maximum absolute atomic E-state index is 12.6. The first-order valence-corrected chi connectivity index (χ1v) is 11.4. The highest BCUT2D eigenvalue weighted by atomic mass is 32.2. The molecule has 5 nitrogen and oxygen atoms in total. The van der Waals surface area contributed by atoms with E-state index in [2.05, 4.69) is 15.2 Å². The molecule has 1 aliphatic rings. The number of amides is 1. The van der Waals surface area contributed by atoms with Crippen LogP contribution < -0.4 is 10.2 Å². The first-order chi connectivity index (χ1) is 15.3. The van der Waals surface area contributed by atoms with E-state index >= 15 is 0 Å². The lowest BCUT2D eigenvalue weighted by Crippen LogP contribution is -2.38. The monoisotopic (exact) mass is 459 g/mol. The van der Waals surface area contributed by atoms with Crippen LogP contribution in [0.25, 0.3) is 17.0 Å². The molecule has 4 rings (SSSR count). The van der Waals surface area contributed by atoms with Crippen LogP contribution >= 0.6 is 0 Å². The van der Waals surface area contributed by atoms with Crippen molar-refractivity contribution in [3.63, 3.8) is 0 Å². The number of nitrogens with one attached hydrogen (secondary N) is 1. The molecule has 1 N–H and O–H groups in total. The molecule has 0 spiro atoms. The number of rotatable bonds is 4. The summed E-state index contributed by atoms with van der Waals surface area (Å²) in [6, 6.07) is 13.8. The van der Waals surface area contributed by atoms with Crippen LogP contribution in [0.5, 0.6) is 0 Å². The van der Waals surface area contributed by atoms with Gasteiger partial charge in [-0.2, -0.15) is 13.2 Å². The quantitative estimate of drug-likeness (QED) is 0.585. The van der Waals surface area contributed by atoms with Gasteiger partial charge < -0.3 is 10.2 Å². The van der Waals surface area contributed by atoms with Crippen LogP contribution in [0, 0.1) is 0 Å². The van der Waals surface area contributed by atoms with Crippen molar-refractivity contribution in [2.45, 2.75) is 6.18 Å². The molecule has 166 valence electrons. The van der Waals surface area contributed by atoms with Gasteiger partial charge >= 0.3 is 6.18 Å². The van der Waals surface area contributed by atoms with Crippen molar-refractivity contribution in [2.24, 2.45) is 0 Å². The summed E-state index contributed by atoms with van der Waals surface area (Å²) < 4.78 is 49.4. The van der Waals surface area contributed by atoms with Gasteiger partial charge in [0.2, 0.25) is 5.91 Å². The molecule has 2 heterocycles. The molecule has 0 aliphatic carbocycles. The van der Waals surface area contributed by atoms with Crippen LogP contribution in [0.1, 0.15) is 11.1 Å². The number of benzene rings is 2. The van der Waals surface area contributed by atoms with Crippen molar-refractivity contribution in [1.29, 1.82) is 0 Å². The van der Waals surface area contributed by atoms with E-state index in [4.69, 9.17) is 0 Å². The van der Waals surface area contributed by atoms with Crippen molar-refractivity contribution in [2.75, 3.05) is 34.8 Å². The van der Waals surface area contributed by atoms with E-state index in [9.17, 15) is 22.2 Å². The third kappa shape index (κ3) is 5.34. The minimum atomic E-state index is -4.39. The van der Waals surface area contributed by atoms with Gasteiger partial charge in [-0.15, -0.1) is 0 Å². The molecule has 3 aromatic rings. The van der Waals surface area contributed by atoms with Crippen LogP contribution in [0.4, 0.5) is 24.7 Å². The van der Waals surface area contributed by atoms with Gasteiger partial charge in [0.1, 0.15) is 5.82 Å². The fraction of sp³-hybridized carbons (Fsp3) is 0.217. The summed E-state index contributed by atoms with van der Waals surface area (Å²) in [5.74, 6) is 1.73. The lowest BCUT2D eigenvalue weighted by atomic mass is 10.1. The third-order valence-electron chi connectivity index (χ3n) is 5.11. The molecule has 1 saturated heterocycles. The number of hydrogen-bond donors (Lipinski definition) is 1. The summed E-state index contributed by atoms with van der Waals surface area (Å²) in [6.07, 6.45) is -1.66. The van der Waals surface area contributed by atoms with Crippen LogP contribution in [-0.4, -0.2) is 39.7 Å². The van der Waals surface area contributed by atoms with Crippen LogP contribution in [0.3, 0.4) is 0 Å². The van der Waals surface area contributed by atoms with E-state index in [1.807, 2.05) is 18.2 Å². The molecule has 1 amide bonds. The van der Waals surface area contributed by atoms with E-state index in [1.54, 1.807) is 12.1 Å². The number of carbonyl (C=O) groups excluding carboxylic acids is 1. The van der Waals surface area contributed by atoms with Gasteiger partial charge in [-0.25, -0.2) is 4.98 Å². The average molecular weight is 459 g/mol. The topological polar surface area (TPSA) is 62.3 Å². The number of anilines is 2. The molecule has 0 bridgehead atoms. The van der Waals surface area contributed by atoms with Crippen LogP contribution in [0.15, 0.2) is 60.7 Å². The Morgan fingerprint density at radius 1 is 1.03 bits per heavy atom. The highest BCUT2D eigenvalue weighted by Crippen LogP contribution is 2.29. The predicted molar refractivity (Wildman–Crippen MR) is 121 cm³/mol. The maximum atomic E-state index is 12.6. The Morgan fingerprint density at radius 2 is 1.75 bits per heavy atom. The zero-order chi connectivity index (χ0) is 22.7. The minimum Gasteiger partial charge on any atom is -0.355 e. The Bertz CT molecular complexity index is 1180. The molecular weight excluding hydrogens is 439 g/mol. The molecule has 1 aromatic heterocycles. The van der Waals surface area contributed by atoms with Crippen molar-refractivity contribution < 1.29 is 22.2 Å². The first-order valence-electron chi connectivity index (χ1n) is 9.95. The van der Waals surface area contributed by atoms with Gasteiger partial charge in [-0.1, -0.05) is 12.1 Å². The zero-order valence-electron chi connectivity index (χ0n) is 16.9. The van der Waals surface area contributed by atoms with Crippen molar-refractivity contribution >= 4 is 45.2 Å². The summed E-state index contributed by atoms with van der Waals surface area (Å²) in [6.45, 7) is 1.43. The van der Waals surface area contributed by atoms with E-state index in [0.717, 1.165) is 28.9 Å². The number of aromatic nitrogens is 1. The molecule has 0 unspecified atom stereocenters. The Kier molecular flexibility index (Phi) is 6.27. The summed E-state index contributed by atoms with van der Waals surface area (Å²) in [4.78, 5) is 19.0. The van der Waals surface area contributed by atoms with Gasteiger partial charge in [-0.05, 0) is 54.1 Å². The molecule has 9 heteroatoms. The van der Waals surface area contributed by atoms with E-state index in [1.165, 1.54) is 24.3 Å². The number of nitrogens with zero attached hydrogens (tertiary/aromatic N) is 2. The van der Waals surface area contributed by atoms with Gasteiger partial charge in [0.25, 0.3) is 0 Å². The van der Waals surface area contributed by atoms with Crippen LogP contribution in [-0.2, 0) is 21.8 Å². The molecule has 0 radical (unpaired) electrons. The lowest BCUT2D eigenvalue weighted by Gasteiger charge is -2.27. The maximum Gasteiger partial charge on any atom is 0.416 e. The molecule has 32 heavy (non-hydrogen) atoms. The molecule has 1 aliphatic heterocycles. The summed E-state index contributed by atoms with van der Waals surface area (Å²) in [5.41, 5.74) is 1.13. The number of carbonyl (C=O) groups is 1. The summed E-state index contributed by atoms with van der Waals surface area (Å²) in [7, 11) is -0.750.